The van der Waals surface area contributed by atoms with Gasteiger partial charge in [0.25, 0.3) is 0 Å². The van der Waals surface area contributed by atoms with Crippen molar-refractivity contribution < 1.29 is 14.6 Å². The fourth-order valence-electron chi connectivity index (χ4n) is 6.17. The van der Waals surface area contributed by atoms with Gasteiger partial charge in [-0.2, -0.15) is 0 Å². The van der Waals surface area contributed by atoms with Gasteiger partial charge < -0.3 is 14.7 Å². The SMILES string of the molecule is CN1C[C@@H]2C[C@H]1CN2c1cnc(Oc2cc(CN3CCC(CC(=O)O)CC3)cc(-c3cc(Cl)cc(Cl)c3)n2)cn1. The van der Waals surface area contributed by atoms with Gasteiger partial charge in [-0.1, -0.05) is 23.2 Å². The van der Waals surface area contributed by atoms with Crippen molar-refractivity contribution in [1.82, 2.24) is 24.8 Å². The summed E-state index contributed by atoms with van der Waals surface area (Å²) >= 11 is 12.6. The van der Waals surface area contributed by atoms with Crippen molar-refractivity contribution in [2.75, 3.05) is 38.1 Å². The number of piperidine rings is 1. The molecule has 0 saturated carbocycles. The monoisotopic (exact) mass is 582 g/mol. The molecule has 2 aromatic heterocycles. The van der Waals surface area contributed by atoms with E-state index in [1.54, 1.807) is 18.5 Å². The van der Waals surface area contributed by atoms with Gasteiger partial charge in [0.1, 0.15) is 5.82 Å². The van der Waals surface area contributed by atoms with Gasteiger partial charge in [-0.15, -0.1) is 0 Å². The zero-order chi connectivity index (χ0) is 27.8. The molecule has 5 heterocycles. The summed E-state index contributed by atoms with van der Waals surface area (Å²) in [5.74, 6) is 1.16. The second-order valence-corrected chi connectivity index (χ2v) is 12.0. The number of pyridine rings is 1. The van der Waals surface area contributed by atoms with Crippen molar-refractivity contribution in [3.8, 4) is 23.0 Å². The van der Waals surface area contributed by atoms with Crippen LogP contribution in [0.2, 0.25) is 10.0 Å². The first-order valence-corrected chi connectivity index (χ1v) is 14.4. The lowest BCUT2D eigenvalue weighted by molar-refractivity contribution is -0.138. The average Bonchev–Trinajstić information content (AvgIpc) is 3.49. The number of rotatable bonds is 8. The van der Waals surface area contributed by atoms with Crippen molar-refractivity contribution in [2.45, 2.75) is 44.3 Å². The second-order valence-electron chi connectivity index (χ2n) is 11.1. The lowest BCUT2D eigenvalue weighted by Crippen LogP contribution is -2.44. The number of benzene rings is 1. The topological polar surface area (TPSA) is 94.9 Å². The molecule has 6 rings (SSSR count). The number of nitrogens with zero attached hydrogens (tertiary/aromatic N) is 6. The zero-order valence-corrected chi connectivity index (χ0v) is 23.9. The Morgan fingerprint density at radius 1 is 1.00 bits per heavy atom. The highest BCUT2D eigenvalue weighted by molar-refractivity contribution is 6.35. The quantitative estimate of drug-likeness (QED) is 0.383. The lowest BCUT2D eigenvalue weighted by atomic mass is 9.93. The van der Waals surface area contributed by atoms with Gasteiger partial charge in [0.2, 0.25) is 11.8 Å². The number of likely N-dealkylation sites (tertiary alicyclic amines) is 2. The van der Waals surface area contributed by atoms with Crippen LogP contribution in [0.15, 0.2) is 42.7 Å². The summed E-state index contributed by atoms with van der Waals surface area (Å²) in [7, 11) is 2.18. The van der Waals surface area contributed by atoms with E-state index in [0.717, 1.165) is 56.0 Å². The summed E-state index contributed by atoms with van der Waals surface area (Å²) in [6.07, 6.45) is 6.57. The Balaban J connectivity index is 1.21. The van der Waals surface area contributed by atoms with Gasteiger partial charge in [0.05, 0.1) is 18.1 Å². The van der Waals surface area contributed by atoms with Crippen LogP contribution in [0, 0.1) is 5.92 Å². The number of likely N-dealkylation sites (N-methyl/N-ethyl adjacent to an activating group) is 1. The first kappa shape index (κ1) is 27.2. The number of carbonyl (C=O) groups is 1. The summed E-state index contributed by atoms with van der Waals surface area (Å²) in [6, 6.07) is 10.4. The van der Waals surface area contributed by atoms with Crippen molar-refractivity contribution in [3.63, 3.8) is 0 Å². The number of hydrogen-bond acceptors (Lipinski definition) is 8. The molecule has 1 aromatic carbocycles. The average molecular weight is 584 g/mol. The van der Waals surface area contributed by atoms with Gasteiger partial charge in [-0.3, -0.25) is 14.6 Å². The molecule has 40 heavy (non-hydrogen) atoms. The van der Waals surface area contributed by atoms with E-state index in [-0.39, 0.29) is 12.3 Å². The molecule has 9 nitrogen and oxygen atoms in total. The number of anilines is 1. The van der Waals surface area contributed by atoms with Gasteiger partial charge in [-0.05, 0) is 75.1 Å². The molecule has 0 unspecified atom stereocenters. The number of fused-ring (bicyclic) bond motifs is 2. The van der Waals surface area contributed by atoms with Crippen LogP contribution in [0.25, 0.3) is 11.3 Å². The molecule has 0 spiro atoms. The third-order valence-electron chi connectivity index (χ3n) is 8.23. The highest BCUT2D eigenvalue weighted by Crippen LogP contribution is 2.34. The third kappa shape index (κ3) is 6.17. The molecule has 0 amide bonds. The summed E-state index contributed by atoms with van der Waals surface area (Å²) in [5, 5.41) is 10.2. The van der Waals surface area contributed by atoms with Crippen LogP contribution in [-0.4, -0.2) is 81.1 Å². The Kier molecular flexibility index (Phi) is 7.81. The second kappa shape index (κ2) is 11.5. The minimum Gasteiger partial charge on any atom is -0.481 e. The van der Waals surface area contributed by atoms with Gasteiger partial charge in [0.15, 0.2) is 0 Å². The Morgan fingerprint density at radius 2 is 1.77 bits per heavy atom. The summed E-state index contributed by atoms with van der Waals surface area (Å²) < 4.78 is 6.13. The minimum atomic E-state index is -0.726. The first-order chi connectivity index (χ1) is 19.3. The van der Waals surface area contributed by atoms with Crippen LogP contribution in [-0.2, 0) is 11.3 Å². The Morgan fingerprint density at radius 3 is 2.40 bits per heavy atom. The van der Waals surface area contributed by atoms with Crippen molar-refractivity contribution in [1.29, 1.82) is 0 Å². The summed E-state index contributed by atoms with van der Waals surface area (Å²) in [6.45, 7) is 4.40. The predicted molar refractivity (Wildman–Crippen MR) is 154 cm³/mol. The number of aliphatic carboxylic acids is 1. The molecule has 3 saturated heterocycles. The minimum absolute atomic E-state index is 0.229. The molecule has 3 aliphatic rings. The van der Waals surface area contributed by atoms with E-state index in [0.29, 0.717) is 46.1 Å². The van der Waals surface area contributed by atoms with E-state index in [4.69, 9.17) is 38.0 Å². The van der Waals surface area contributed by atoms with Gasteiger partial charge in [-0.25, -0.2) is 15.0 Å². The van der Waals surface area contributed by atoms with Crippen LogP contribution in [0.3, 0.4) is 0 Å². The lowest BCUT2D eigenvalue weighted by Gasteiger charge is -2.32. The molecule has 2 atom stereocenters. The molecule has 0 aliphatic carbocycles. The van der Waals surface area contributed by atoms with E-state index in [1.807, 2.05) is 24.3 Å². The molecular formula is C29H32Cl2N6O3. The largest absolute Gasteiger partial charge is 0.481 e. The number of carboxylic acid groups (broad SMARTS) is 1. The van der Waals surface area contributed by atoms with E-state index in [9.17, 15) is 4.79 Å². The number of halogens is 2. The van der Waals surface area contributed by atoms with Crippen molar-refractivity contribution in [2.24, 2.45) is 5.92 Å². The summed E-state index contributed by atoms with van der Waals surface area (Å²) in [5.41, 5.74) is 2.51. The number of piperazine rings is 1. The molecule has 2 bridgehead atoms. The molecule has 3 aromatic rings. The van der Waals surface area contributed by atoms with Gasteiger partial charge in [0, 0.05) is 59.8 Å². The first-order valence-electron chi connectivity index (χ1n) is 13.7. The molecule has 0 radical (unpaired) electrons. The van der Waals surface area contributed by atoms with E-state index >= 15 is 0 Å². The number of carboxylic acids is 1. The molecule has 210 valence electrons. The fraction of sp³-hybridized carbons (Fsp3) is 0.448. The Labute approximate surface area is 243 Å². The van der Waals surface area contributed by atoms with Crippen LogP contribution in [0.4, 0.5) is 5.82 Å². The highest BCUT2D eigenvalue weighted by atomic mass is 35.5. The Hall–Kier alpha value is -2.98. The standard InChI is InChI=1S/C29H32Cl2N6O3/c1-35-16-24-12-23(35)17-37(24)26-13-33-28(14-32-26)40-27-7-19(15-36-4-2-18(3-5-36)8-29(38)39)6-25(34-27)20-9-21(30)11-22(31)10-20/h6-7,9-11,13-14,18,23-24H,2-5,8,12,15-17H2,1H3,(H,38,39)/t23-,24-/m0/s1. The van der Waals surface area contributed by atoms with Crippen LogP contribution < -0.4 is 9.64 Å². The summed E-state index contributed by atoms with van der Waals surface area (Å²) in [4.78, 5) is 32.1. The predicted octanol–water partition coefficient (Wildman–Crippen LogP) is 5.22. The smallest absolute Gasteiger partial charge is 0.303 e. The highest BCUT2D eigenvalue weighted by Gasteiger charge is 2.42. The molecule has 11 heteroatoms. The molecule has 3 aliphatic heterocycles. The molecule has 3 fully saturated rings. The number of aromatic nitrogens is 3. The maximum atomic E-state index is 11.1. The van der Waals surface area contributed by atoms with E-state index in [2.05, 4.69) is 31.7 Å². The van der Waals surface area contributed by atoms with Crippen molar-refractivity contribution in [3.05, 3.63) is 58.3 Å². The van der Waals surface area contributed by atoms with Crippen LogP contribution in [0.1, 0.15) is 31.2 Å². The zero-order valence-electron chi connectivity index (χ0n) is 22.3. The van der Waals surface area contributed by atoms with Crippen LogP contribution >= 0.6 is 23.2 Å². The normalized spacial score (nSPS) is 21.7. The Bertz CT molecular complexity index is 1360. The van der Waals surface area contributed by atoms with E-state index < -0.39 is 5.97 Å². The maximum absolute atomic E-state index is 11.1. The fourth-order valence-corrected chi connectivity index (χ4v) is 6.70. The number of hydrogen-bond donors (Lipinski definition) is 1. The van der Waals surface area contributed by atoms with Gasteiger partial charge >= 0.3 is 5.97 Å². The van der Waals surface area contributed by atoms with E-state index in [1.165, 1.54) is 6.42 Å². The van der Waals surface area contributed by atoms with Crippen molar-refractivity contribution >= 4 is 35.0 Å². The maximum Gasteiger partial charge on any atom is 0.303 e. The van der Waals surface area contributed by atoms with Crippen LogP contribution in [0.5, 0.6) is 11.8 Å². The molecule has 1 N–H and O–H groups in total. The third-order valence-corrected chi connectivity index (χ3v) is 8.67. The number of ether oxygens (including phenoxy) is 1. The molecular weight excluding hydrogens is 551 g/mol.